The van der Waals surface area contributed by atoms with Crippen LogP contribution in [0.3, 0.4) is 0 Å². The molecule has 122 valence electrons. The maximum Gasteiger partial charge on any atom is 0.193 e. The van der Waals surface area contributed by atoms with Crippen LogP contribution in [0, 0.1) is 11.6 Å². The molecule has 0 saturated heterocycles. The first kappa shape index (κ1) is 17.0. The van der Waals surface area contributed by atoms with Crippen LogP contribution >= 0.6 is 11.6 Å². The Morgan fingerprint density at radius 2 is 2.04 bits per heavy atom. The molecule has 2 aromatic rings. The van der Waals surface area contributed by atoms with Gasteiger partial charge in [0.25, 0.3) is 0 Å². The molecule has 0 spiro atoms. The number of aliphatic imine (C=N–C) groups is 1. The van der Waals surface area contributed by atoms with Crippen molar-refractivity contribution in [3.8, 4) is 5.75 Å². The van der Waals surface area contributed by atoms with Crippen molar-refractivity contribution >= 4 is 23.2 Å². The van der Waals surface area contributed by atoms with Gasteiger partial charge in [0.15, 0.2) is 5.96 Å². The lowest BCUT2D eigenvalue weighted by atomic mass is 10.1. The number of hydrogen-bond acceptors (Lipinski definition) is 2. The summed E-state index contributed by atoms with van der Waals surface area (Å²) in [5, 5.41) is 3.32. The van der Waals surface area contributed by atoms with Crippen molar-refractivity contribution in [2.24, 2.45) is 10.7 Å². The Morgan fingerprint density at radius 1 is 1.26 bits per heavy atom. The van der Waals surface area contributed by atoms with Gasteiger partial charge in [-0.3, -0.25) is 4.99 Å². The first-order valence-corrected chi connectivity index (χ1v) is 7.22. The number of hydrogen-bond donors (Lipinski definition) is 2. The van der Waals surface area contributed by atoms with Crippen LogP contribution in [-0.2, 0) is 6.42 Å². The van der Waals surface area contributed by atoms with Crippen LogP contribution in [0.5, 0.6) is 5.75 Å². The summed E-state index contributed by atoms with van der Waals surface area (Å²) in [5.74, 6) is -0.464. The number of halogens is 3. The highest BCUT2D eigenvalue weighted by Gasteiger charge is 2.04. The summed E-state index contributed by atoms with van der Waals surface area (Å²) in [6.45, 7) is 0.269. The number of guanidine groups is 1. The van der Waals surface area contributed by atoms with Crippen LogP contribution in [0.15, 0.2) is 41.4 Å². The molecule has 0 aliphatic rings. The van der Waals surface area contributed by atoms with Crippen molar-refractivity contribution in [2.75, 3.05) is 19.0 Å². The normalized spacial score (nSPS) is 11.4. The van der Waals surface area contributed by atoms with Crippen LogP contribution in [0.1, 0.15) is 5.56 Å². The Labute approximate surface area is 137 Å². The van der Waals surface area contributed by atoms with Crippen molar-refractivity contribution in [1.82, 2.24) is 0 Å². The predicted molar refractivity (Wildman–Crippen MR) is 88.2 cm³/mol. The number of ether oxygens (including phenoxy) is 1. The third-order valence-corrected chi connectivity index (χ3v) is 3.40. The second-order valence-electron chi connectivity index (χ2n) is 4.73. The minimum Gasteiger partial charge on any atom is -0.495 e. The number of benzene rings is 2. The third-order valence-electron chi connectivity index (χ3n) is 3.10. The fourth-order valence-corrected chi connectivity index (χ4v) is 2.21. The minimum atomic E-state index is -0.604. The molecule has 7 heteroatoms. The molecule has 4 nitrogen and oxygen atoms in total. The van der Waals surface area contributed by atoms with Crippen LogP contribution in [-0.4, -0.2) is 19.6 Å². The second kappa shape index (κ2) is 7.78. The SMILES string of the molecule is COc1ccc(NC(N)=NCCc2ccc(F)cc2F)cc1Cl. The van der Waals surface area contributed by atoms with Gasteiger partial charge in [-0.2, -0.15) is 0 Å². The van der Waals surface area contributed by atoms with E-state index in [0.717, 1.165) is 6.07 Å². The lowest BCUT2D eigenvalue weighted by molar-refractivity contribution is 0.415. The summed E-state index contributed by atoms with van der Waals surface area (Å²) in [7, 11) is 1.53. The molecule has 3 N–H and O–H groups in total. The van der Waals surface area contributed by atoms with E-state index in [4.69, 9.17) is 22.1 Å². The zero-order valence-electron chi connectivity index (χ0n) is 12.4. The summed E-state index contributed by atoms with van der Waals surface area (Å²) < 4.78 is 31.3. The summed E-state index contributed by atoms with van der Waals surface area (Å²) >= 11 is 6.01. The van der Waals surface area contributed by atoms with E-state index in [9.17, 15) is 8.78 Å². The van der Waals surface area contributed by atoms with Crippen molar-refractivity contribution in [3.63, 3.8) is 0 Å². The fraction of sp³-hybridized carbons (Fsp3) is 0.188. The molecule has 0 saturated carbocycles. The van der Waals surface area contributed by atoms with Crippen molar-refractivity contribution < 1.29 is 13.5 Å². The molecule has 23 heavy (non-hydrogen) atoms. The van der Waals surface area contributed by atoms with Crippen LogP contribution < -0.4 is 15.8 Å². The smallest absolute Gasteiger partial charge is 0.193 e. The van der Waals surface area contributed by atoms with E-state index in [2.05, 4.69) is 10.3 Å². The van der Waals surface area contributed by atoms with Crippen LogP contribution in [0.25, 0.3) is 0 Å². The van der Waals surface area contributed by atoms with Crippen molar-refractivity contribution in [2.45, 2.75) is 6.42 Å². The Balaban J connectivity index is 1.94. The number of nitrogens with one attached hydrogen (secondary N) is 1. The molecule has 2 rings (SSSR count). The van der Waals surface area contributed by atoms with Gasteiger partial charge in [0, 0.05) is 18.3 Å². The molecule has 0 heterocycles. The van der Waals surface area contributed by atoms with Gasteiger partial charge in [-0.1, -0.05) is 17.7 Å². The minimum absolute atomic E-state index is 0.175. The zero-order chi connectivity index (χ0) is 16.8. The summed E-state index contributed by atoms with van der Waals surface area (Å²) in [5.41, 5.74) is 6.81. The topological polar surface area (TPSA) is 59.6 Å². The lowest BCUT2D eigenvalue weighted by Crippen LogP contribution is -2.23. The number of nitrogens with zero attached hydrogens (tertiary/aromatic N) is 1. The van der Waals surface area contributed by atoms with Gasteiger partial charge in [-0.15, -0.1) is 0 Å². The Hall–Kier alpha value is -2.34. The highest BCUT2D eigenvalue weighted by Crippen LogP contribution is 2.27. The molecular formula is C16H16ClF2N3O. The van der Waals surface area contributed by atoms with Crippen molar-refractivity contribution in [1.29, 1.82) is 0 Å². The highest BCUT2D eigenvalue weighted by molar-refractivity contribution is 6.32. The summed E-state index contributed by atoms with van der Waals surface area (Å²) in [4.78, 5) is 4.10. The van der Waals surface area contributed by atoms with Gasteiger partial charge in [0.05, 0.1) is 12.1 Å². The molecular weight excluding hydrogens is 324 g/mol. The van der Waals surface area contributed by atoms with Gasteiger partial charge < -0.3 is 15.8 Å². The maximum absolute atomic E-state index is 13.5. The largest absolute Gasteiger partial charge is 0.495 e. The first-order chi connectivity index (χ1) is 11.0. The Morgan fingerprint density at radius 3 is 2.70 bits per heavy atom. The highest BCUT2D eigenvalue weighted by atomic mass is 35.5. The van der Waals surface area contributed by atoms with E-state index in [1.54, 1.807) is 18.2 Å². The standard InChI is InChI=1S/C16H16ClF2N3O/c1-23-15-5-4-12(9-13(15)17)22-16(20)21-7-6-10-2-3-11(18)8-14(10)19/h2-5,8-9H,6-7H2,1H3,(H3,20,21,22). The molecule has 0 radical (unpaired) electrons. The number of rotatable bonds is 5. The number of anilines is 1. The van der Waals surface area contributed by atoms with E-state index < -0.39 is 11.6 Å². The average Bonchev–Trinajstić information content (AvgIpc) is 2.49. The van der Waals surface area contributed by atoms with Gasteiger partial charge in [-0.05, 0) is 36.2 Å². The van der Waals surface area contributed by atoms with Gasteiger partial charge in [0.2, 0.25) is 0 Å². The molecule has 0 amide bonds. The first-order valence-electron chi connectivity index (χ1n) is 6.84. The Bertz CT molecular complexity index is 722. The maximum atomic E-state index is 13.5. The summed E-state index contributed by atoms with van der Waals surface area (Å²) in [6.07, 6.45) is 0.317. The van der Waals surface area contributed by atoms with Gasteiger partial charge in [0.1, 0.15) is 17.4 Å². The van der Waals surface area contributed by atoms with E-state index in [1.807, 2.05) is 0 Å². The molecule has 0 bridgehead atoms. The second-order valence-corrected chi connectivity index (χ2v) is 5.13. The molecule has 0 aromatic heterocycles. The molecule has 0 atom stereocenters. The van der Waals surface area contributed by atoms with Crippen molar-refractivity contribution in [3.05, 3.63) is 58.6 Å². The van der Waals surface area contributed by atoms with E-state index in [-0.39, 0.29) is 12.5 Å². The number of methoxy groups -OCH3 is 1. The fourth-order valence-electron chi connectivity index (χ4n) is 1.95. The average molecular weight is 340 g/mol. The predicted octanol–water partition coefficient (Wildman–Crippen LogP) is 3.60. The quantitative estimate of drug-likeness (QED) is 0.646. The molecule has 0 fully saturated rings. The van der Waals surface area contributed by atoms with E-state index >= 15 is 0 Å². The van der Waals surface area contributed by atoms with Gasteiger partial charge in [-0.25, -0.2) is 8.78 Å². The van der Waals surface area contributed by atoms with E-state index in [0.29, 0.717) is 28.4 Å². The van der Waals surface area contributed by atoms with Crippen LogP contribution in [0.2, 0.25) is 5.02 Å². The Kier molecular flexibility index (Phi) is 5.76. The molecule has 0 aliphatic heterocycles. The van der Waals surface area contributed by atoms with Gasteiger partial charge >= 0.3 is 0 Å². The third kappa shape index (κ3) is 4.82. The van der Waals surface area contributed by atoms with Crippen LogP contribution in [0.4, 0.5) is 14.5 Å². The lowest BCUT2D eigenvalue weighted by Gasteiger charge is -2.08. The molecule has 0 aliphatic carbocycles. The summed E-state index contributed by atoms with van der Waals surface area (Å²) in [6, 6.07) is 8.55. The molecule has 2 aromatic carbocycles. The zero-order valence-corrected chi connectivity index (χ0v) is 13.2. The van der Waals surface area contributed by atoms with E-state index in [1.165, 1.54) is 19.2 Å². The number of nitrogens with two attached hydrogens (primary N) is 1. The molecule has 0 unspecified atom stereocenters. The monoisotopic (exact) mass is 339 g/mol.